The zero-order valence-electron chi connectivity index (χ0n) is 22.4. The molecule has 2 aromatic carbocycles. The molecule has 0 radical (unpaired) electrons. The lowest BCUT2D eigenvalue weighted by atomic mass is 10.1. The van der Waals surface area contributed by atoms with Gasteiger partial charge in [0.1, 0.15) is 0 Å². The van der Waals surface area contributed by atoms with E-state index in [0.717, 1.165) is 63.5 Å². The Kier molecular flexibility index (Phi) is 7.08. The topological polar surface area (TPSA) is 59.7 Å². The molecule has 0 atom stereocenters. The van der Waals surface area contributed by atoms with E-state index >= 15 is 0 Å². The van der Waals surface area contributed by atoms with Gasteiger partial charge in [-0.2, -0.15) is 0 Å². The number of rotatable bonds is 11. The van der Waals surface area contributed by atoms with Crippen LogP contribution in [0, 0.1) is 0 Å². The summed E-state index contributed by atoms with van der Waals surface area (Å²) in [6, 6.07) is 21.8. The highest BCUT2D eigenvalue weighted by molar-refractivity contribution is 6.08. The Labute approximate surface area is 223 Å². The minimum atomic E-state index is 0.796. The Balaban J connectivity index is 0.980. The summed E-state index contributed by atoms with van der Waals surface area (Å²) in [7, 11) is 0. The first-order valence-corrected chi connectivity index (χ1v) is 13.9. The van der Waals surface area contributed by atoms with E-state index < -0.39 is 0 Å². The molecule has 0 amide bonds. The van der Waals surface area contributed by atoms with Crippen LogP contribution in [0.25, 0.3) is 43.6 Å². The fraction of sp³-hybridized carbons (Fsp3) is 0.312. The van der Waals surface area contributed by atoms with Gasteiger partial charge in [0.2, 0.25) is 0 Å². The molecule has 0 fully saturated rings. The first-order valence-electron chi connectivity index (χ1n) is 13.9. The fourth-order valence-electron chi connectivity index (χ4n) is 5.79. The highest BCUT2D eigenvalue weighted by Gasteiger charge is 2.11. The van der Waals surface area contributed by atoms with Crippen molar-refractivity contribution in [1.29, 1.82) is 0 Å². The van der Waals surface area contributed by atoms with Crippen LogP contribution in [0.1, 0.15) is 38.1 Å². The Morgan fingerprint density at radius 1 is 0.579 bits per heavy atom. The van der Waals surface area contributed by atoms with Gasteiger partial charge in [-0.15, -0.1) is 0 Å². The van der Waals surface area contributed by atoms with Gasteiger partial charge in [-0.3, -0.25) is 9.97 Å². The van der Waals surface area contributed by atoms with Gasteiger partial charge in [0.25, 0.3) is 0 Å². The second-order valence-corrected chi connectivity index (χ2v) is 9.97. The van der Waals surface area contributed by atoms with E-state index in [2.05, 4.69) is 94.3 Å². The maximum Gasteiger partial charge on any atom is 0.0677 e. The third kappa shape index (κ3) is 4.55. The van der Waals surface area contributed by atoms with E-state index in [1.165, 1.54) is 43.6 Å². The summed E-state index contributed by atoms with van der Waals surface area (Å²) < 4.78 is 4.69. The van der Waals surface area contributed by atoms with Crippen LogP contribution in [0.2, 0.25) is 0 Å². The van der Waals surface area contributed by atoms with Crippen LogP contribution in [0.5, 0.6) is 0 Å². The molecule has 0 bridgehead atoms. The minimum absolute atomic E-state index is 0.796. The van der Waals surface area contributed by atoms with Gasteiger partial charge in [0.15, 0.2) is 0 Å². The molecule has 6 nitrogen and oxygen atoms in total. The number of nitrogens with zero attached hydrogens (tertiary/aromatic N) is 4. The normalized spacial score (nSPS) is 11.9. The van der Waals surface area contributed by atoms with E-state index in [0.29, 0.717) is 0 Å². The quantitative estimate of drug-likeness (QED) is 0.201. The molecule has 0 aliphatic carbocycles. The fourth-order valence-corrected chi connectivity index (χ4v) is 5.79. The van der Waals surface area contributed by atoms with Crippen LogP contribution in [0.3, 0.4) is 0 Å². The van der Waals surface area contributed by atoms with Crippen molar-refractivity contribution in [3.63, 3.8) is 0 Å². The number of benzene rings is 2. The van der Waals surface area contributed by atoms with Gasteiger partial charge in [0.05, 0.1) is 34.8 Å². The van der Waals surface area contributed by atoms with Crippen LogP contribution in [-0.4, -0.2) is 32.2 Å². The Bertz CT molecular complexity index is 1580. The van der Waals surface area contributed by atoms with Crippen molar-refractivity contribution in [2.75, 3.05) is 13.1 Å². The van der Waals surface area contributed by atoms with Crippen molar-refractivity contribution in [2.24, 2.45) is 0 Å². The number of nitrogens with one attached hydrogen (secondary N) is 2. The van der Waals surface area contributed by atoms with Crippen LogP contribution in [-0.2, 0) is 26.2 Å². The third-order valence-electron chi connectivity index (χ3n) is 7.63. The molecule has 6 heteroatoms. The average Bonchev–Trinajstić information content (AvgIpc) is 3.46. The van der Waals surface area contributed by atoms with E-state index in [4.69, 9.17) is 9.97 Å². The molecule has 6 rings (SSSR count). The van der Waals surface area contributed by atoms with E-state index in [1.54, 1.807) is 0 Å². The van der Waals surface area contributed by atoms with Crippen LogP contribution in [0.15, 0.2) is 73.1 Å². The summed E-state index contributed by atoms with van der Waals surface area (Å²) in [5.74, 6) is 0. The van der Waals surface area contributed by atoms with Crippen LogP contribution >= 0.6 is 0 Å². The molecule has 2 N–H and O–H groups in total. The molecule has 4 aromatic heterocycles. The largest absolute Gasteiger partial charge is 0.339 e. The summed E-state index contributed by atoms with van der Waals surface area (Å²) in [6.07, 6.45) is 6.32. The maximum absolute atomic E-state index is 4.73. The highest BCUT2D eigenvalue weighted by Crippen LogP contribution is 2.30. The van der Waals surface area contributed by atoms with Crippen molar-refractivity contribution in [3.05, 3.63) is 84.4 Å². The average molecular weight is 505 g/mol. The number of pyridine rings is 2. The molecule has 0 unspecified atom stereocenters. The molecule has 0 aliphatic heterocycles. The highest BCUT2D eigenvalue weighted by atomic mass is 15.0. The molecule has 0 spiro atoms. The van der Waals surface area contributed by atoms with Crippen molar-refractivity contribution < 1.29 is 0 Å². The van der Waals surface area contributed by atoms with Gasteiger partial charge >= 0.3 is 0 Å². The minimum Gasteiger partial charge on any atom is -0.339 e. The summed E-state index contributed by atoms with van der Waals surface area (Å²) in [5, 5.41) is 12.4. The van der Waals surface area contributed by atoms with E-state index in [9.17, 15) is 0 Å². The van der Waals surface area contributed by atoms with Gasteiger partial charge < -0.3 is 19.8 Å². The predicted molar refractivity (Wildman–Crippen MR) is 158 cm³/mol. The molecular formula is C32H36N6. The Hall–Kier alpha value is -3.74. The van der Waals surface area contributed by atoms with Gasteiger partial charge in [-0.1, -0.05) is 36.4 Å². The number of para-hydroxylation sites is 2. The molecule has 194 valence electrons. The van der Waals surface area contributed by atoms with Crippen LogP contribution in [0.4, 0.5) is 0 Å². The first-order chi connectivity index (χ1) is 18.8. The standard InChI is InChI=1S/C32H36N6/c1-3-37-29-13-7-5-11-25(29)27-17-23(35-21-31(27)37)19-33-15-9-10-16-34-20-24-18-28-26-12-6-8-14-30(26)38(4-2)32(28)22-36-24/h5-8,11-14,17-18,21-22,33-34H,3-4,9-10,15-16,19-20H2,1-2H3. The smallest absolute Gasteiger partial charge is 0.0677 e. The third-order valence-corrected chi connectivity index (χ3v) is 7.63. The predicted octanol–water partition coefficient (Wildman–Crippen LogP) is 6.39. The van der Waals surface area contributed by atoms with Crippen molar-refractivity contribution >= 4 is 43.6 Å². The molecule has 0 aliphatic rings. The van der Waals surface area contributed by atoms with Gasteiger partial charge in [-0.05, 0) is 64.0 Å². The zero-order chi connectivity index (χ0) is 25.9. The van der Waals surface area contributed by atoms with Crippen LogP contribution < -0.4 is 10.6 Å². The SMILES string of the molecule is CCn1c2ccccc2c2cc(CNCCCCNCc3cc4c5ccccc5n(CC)c4cn3)ncc21. The number of aromatic nitrogens is 4. The lowest BCUT2D eigenvalue weighted by Gasteiger charge is -2.07. The lowest BCUT2D eigenvalue weighted by Crippen LogP contribution is -2.19. The summed E-state index contributed by atoms with van der Waals surface area (Å²) in [6.45, 7) is 9.84. The molecule has 38 heavy (non-hydrogen) atoms. The first kappa shape index (κ1) is 24.6. The van der Waals surface area contributed by atoms with Crippen molar-refractivity contribution in [2.45, 2.75) is 52.9 Å². The van der Waals surface area contributed by atoms with E-state index in [1.807, 2.05) is 12.4 Å². The Morgan fingerprint density at radius 3 is 1.47 bits per heavy atom. The molecule has 6 aromatic rings. The lowest BCUT2D eigenvalue weighted by molar-refractivity contribution is 0.576. The maximum atomic E-state index is 4.73. The van der Waals surface area contributed by atoms with Gasteiger partial charge in [0, 0.05) is 58.8 Å². The molecular weight excluding hydrogens is 468 g/mol. The molecule has 4 heterocycles. The zero-order valence-corrected chi connectivity index (χ0v) is 22.4. The summed E-state index contributed by atoms with van der Waals surface area (Å²) in [5.41, 5.74) is 7.20. The molecule has 0 saturated carbocycles. The number of hydrogen-bond donors (Lipinski definition) is 2. The summed E-state index contributed by atoms with van der Waals surface area (Å²) in [4.78, 5) is 9.47. The second kappa shape index (κ2) is 10.9. The number of fused-ring (bicyclic) bond motifs is 6. The second-order valence-electron chi connectivity index (χ2n) is 9.97. The molecule has 0 saturated heterocycles. The number of aryl methyl sites for hydroxylation is 2. The van der Waals surface area contributed by atoms with Crippen molar-refractivity contribution in [3.8, 4) is 0 Å². The van der Waals surface area contributed by atoms with Gasteiger partial charge in [-0.25, -0.2) is 0 Å². The monoisotopic (exact) mass is 504 g/mol. The summed E-state index contributed by atoms with van der Waals surface area (Å²) >= 11 is 0. The van der Waals surface area contributed by atoms with Crippen molar-refractivity contribution in [1.82, 2.24) is 29.7 Å². The Morgan fingerprint density at radius 2 is 1.03 bits per heavy atom. The van der Waals surface area contributed by atoms with E-state index in [-0.39, 0.29) is 0 Å². The number of unbranched alkanes of at least 4 members (excludes halogenated alkanes) is 1. The number of hydrogen-bond acceptors (Lipinski definition) is 4.